The van der Waals surface area contributed by atoms with E-state index in [1.54, 1.807) is 6.20 Å². The second-order valence-electron chi connectivity index (χ2n) is 4.91. The number of sulfonamides is 1. The van der Waals surface area contributed by atoms with Crippen molar-refractivity contribution in [3.8, 4) is 0 Å². The molecule has 0 saturated heterocycles. The smallest absolute Gasteiger partial charge is 0.212 e. The maximum Gasteiger partial charge on any atom is 0.212 e. The first-order valence-corrected chi connectivity index (χ1v) is 9.17. The summed E-state index contributed by atoms with van der Waals surface area (Å²) in [6.45, 7) is 0. The Hall–Kier alpha value is -0.460. The minimum atomic E-state index is -3.23. The summed E-state index contributed by atoms with van der Waals surface area (Å²) in [5.41, 5.74) is 0.812. The van der Waals surface area contributed by atoms with Crippen LogP contribution in [-0.2, 0) is 16.4 Å². The molecule has 0 spiro atoms. The highest BCUT2D eigenvalue weighted by Crippen LogP contribution is 2.25. The molecule has 2 rings (SSSR count). The predicted octanol–water partition coefficient (Wildman–Crippen LogP) is 2.25. The lowest BCUT2D eigenvalue weighted by molar-refractivity contribution is 0.427. The summed E-state index contributed by atoms with van der Waals surface area (Å²) in [6.07, 6.45) is 6.35. The van der Waals surface area contributed by atoms with Crippen molar-refractivity contribution in [1.29, 1.82) is 0 Å². The van der Waals surface area contributed by atoms with Crippen molar-refractivity contribution < 1.29 is 8.42 Å². The monoisotopic (exact) mass is 346 g/mol. The molecule has 19 heavy (non-hydrogen) atoms. The fraction of sp³-hybridized carbons (Fsp3) is 0.615. The van der Waals surface area contributed by atoms with Crippen LogP contribution in [0.4, 0.5) is 0 Å². The van der Waals surface area contributed by atoms with Gasteiger partial charge >= 0.3 is 0 Å². The minimum absolute atomic E-state index is 0.0301. The molecule has 0 aromatic carbocycles. The SMILES string of the molecule is O=S(=O)(CCc1ccccn1)NC1CCCCC1Br. The van der Waals surface area contributed by atoms with Crippen LogP contribution in [0.2, 0.25) is 0 Å². The number of hydrogen-bond acceptors (Lipinski definition) is 3. The van der Waals surface area contributed by atoms with Gasteiger partial charge in [-0.15, -0.1) is 0 Å². The highest BCUT2D eigenvalue weighted by Gasteiger charge is 2.26. The summed E-state index contributed by atoms with van der Waals surface area (Å²) in [7, 11) is -3.23. The van der Waals surface area contributed by atoms with Crippen LogP contribution in [0.3, 0.4) is 0 Å². The Morgan fingerprint density at radius 3 is 2.79 bits per heavy atom. The lowest BCUT2D eigenvalue weighted by atomic mass is 9.96. The van der Waals surface area contributed by atoms with E-state index < -0.39 is 10.0 Å². The zero-order valence-electron chi connectivity index (χ0n) is 10.8. The standard InChI is InChI=1S/C13H19BrN2O2S/c14-12-6-1-2-7-13(12)16-19(17,18)10-8-11-5-3-4-9-15-11/h3-5,9,12-13,16H,1-2,6-8,10H2. The molecule has 6 heteroatoms. The molecule has 1 aliphatic carbocycles. The van der Waals surface area contributed by atoms with Gasteiger partial charge in [0.2, 0.25) is 10.0 Å². The Morgan fingerprint density at radius 1 is 1.32 bits per heavy atom. The van der Waals surface area contributed by atoms with E-state index in [2.05, 4.69) is 25.6 Å². The van der Waals surface area contributed by atoms with E-state index in [4.69, 9.17) is 0 Å². The minimum Gasteiger partial charge on any atom is -0.261 e. The van der Waals surface area contributed by atoms with Gasteiger partial charge in [-0.2, -0.15) is 0 Å². The number of halogens is 1. The zero-order chi connectivity index (χ0) is 13.7. The van der Waals surface area contributed by atoms with E-state index in [-0.39, 0.29) is 16.6 Å². The first kappa shape index (κ1) is 14.9. The largest absolute Gasteiger partial charge is 0.261 e. The Bertz CT molecular complexity index is 493. The third kappa shape index (κ3) is 4.85. The van der Waals surface area contributed by atoms with E-state index in [0.29, 0.717) is 6.42 Å². The van der Waals surface area contributed by atoms with Gasteiger partial charge in [-0.3, -0.25) is 4.98 Å². The summed E-state index contributed by atoms with van der Waals surface area (Å²) in [5.74, 6) is 0.0975. The molecule has 1 N–H and O–H groups in total. The van der Waals surface area contributed by atoms with Crippen LogP contribution >= 0.6 is 15.9 Å². The summed E-state index contributed by atoms with van der Waals surface area (Å²) in [6, 6.07) is 5.58. The third-order valence-electron chi connectivity index (χ3n) is 3.37. The number of aryl methyl sites for hydroxylation is 1. The maximum absolute atomic E-state index is 12.1. The molecule has 4 nitrogen and oxygen atoms in total. The van der Waals surface area contributed by atoms with Crippen LogP contribution < -0.4 is 4.72 Å². The quantitative estimate of drug-likeness (QED) is 0.831. The van der Waals surface area contributed by atoms with Crippen molar-refractivity contribution in [3.05, 3.63) is 30.1 Å². The van der Waals surface area contributed by atoms with Crippen molar-refractivity contribution in [2.24, 2.45) is 0 Å². The first-order chi connectivity index (χ1) is 9.07. The van der Waals surface area contributed by atoms with Crippen LogP contribution in [0.15, 0.2) is 24.4 Å². The number of hydrogen-bond donors (Lipinski definition) is 1. The molecule has 1 aromatic heterocycles. The van der Waals surface area contributed by atoms with Crippen LogP contribution in [0.1, 0.15) is 31.4 Å². The van der Waals surface area contributed by atoms with Crippen molar-refractivity contribution in [2.45, 2.75) is 43.0 Å². The van der Waals surface area contributed by atoms with Gasteiger partial charge in [0.15, 0.2) is 0 Å². The number of alkyl halides is 1. The second-order valence-corrected chi connectivity index (χ2v) is 7.96. The zero-order valence-corrected chi connectivity index (χ0v) is 13.2. The van der Waals surface area contributed by atoms with Gasteiger partial charge in [0.25, 0.3) is 0 Å². The lowest BCUT2D eigenvalue weighted by Crippen LogP contribution is -2.43. The normalized spacial score (nSPS) is 24.3. The first-order valence-electron chi connectivity index (χ1n) is 6.61. The lowest BCUT2D eigenvalue weighted by Gasteiger charge is -2.27. The molecule has 0 amide bonds. The van der Waals surface area contributed by atoms with Gasteiger partial charge in [-0.05, 0) is 25.0 Å². The van der Waals surface area contributed by atoms with E-state index in [9.17, 15) is 8.42 Å². The van der Waals surface area contributed by atoms with Crippen LogP contribution in [0.5, 0.6) is 0 Å². The molecule has 2 atom stereocenters. The molecular formula is C13H19BrN2O2S. The topological polar surface area (TPSA) is 59.1 Å². The van der Waals surface area contributed by atoms with Gasteiger partial charge in [0, 0.05) is 29.2 Å². The molecule has 1 aromatic rings. The van der Waals surface area contributed by atoms with E-state index >= 15 is 0 Å². The fourth-order valence-electron chi connectivity index (χ4n) is 2.29. The second kappa shape index (κ2) is 6.81. The molecule has 2 unspecified atom stereocenters. The maximum atomic E-state index is 12.1. The van der Waals surface area contributed by atoms with Crippen LogP contribution in [0, 0.1) is 0 Å². The van der Waals surface area contributed by atoms with Crippen molar-refractivity contribution in [2.75, 3.05) is 5.75 Å². The average molecular weight is 347 g/mol. The molecule has 0 aliphatic heterocycles. The summed E-state index contributed by atoms with van der Waals surface area (Å²) in [4.78, 5) is 4.40. The highest BCUT2D eigenvalue weighted by atomic mass is 79.9. The number of aromatic nitrogens is 1. The Balaban J connectivity index is 1.88. The van der Waals surface area contributed by atoms with Crippen LogP contribution in [0.25, 0.3) is 0 Å². The number of pyridine rings is 1. The number of nitrogens with zero attached hydrogens (tertiary/aromatic N) is 1. The van der Waals surface area contributed by atoms with Gasteiger partial charge in [-0.1, -0.05) is 34.8 Å². The van der Waals surface area contributed by atoms with Gasteiger partial charge < -0.3 is 0 Å². The Labute approximate surface area is 123 Å². The molecule has 1 fully saturated rings. The fourth-order valence-corrected chi connectivity index (χ4v) is 4.53. The Morgan fingerprint density at radius 2 is 2.11 bits per heavy atom. The van der Waals surface area contributed by atoms with E-state index in [0.717, 1.165) is 25.0 Å². The van der Waals surface area contributed by atoms with Gasteiger partial charge in [0.1, 0.15) is 0 Å². The number of nitrogens with one attached hydrogen (secondary N) is 1. The van der Waals surface area contributed by atoms with Crippen molar-refractivity contribution in [3.63, 3.8) is 0 Å². The van der Waals surface area contributed by atoms with Crippen molar-refractivity contribution >= 4 is 26.0 Å². The molecule has 0 radical (unpaired) electrons. The predicted molar refractivity (Wildman–Crippen MR) is 79.8 cm³/mol. The third-order valence-corrected chi connectivity index (χ3v) is 5.87. The molecular weight excluding hydrogens is 328 g/mol. The molecule has 106 valence electrons. The summed E-state index contributed by atoms with van der Waals surface area (Å²) < 4.78 is 26.9. The van der Waals surface area contributed by atoms with Gasteiger partial charge in [0.05, 0.1) is 5.75 Å². The molecule has 1 heterocycles. The highest BCUT2D eigenvalue weighted by molar-refractivity contribution is 9.09. The summed E-state index contributed by atoms with van der Waals surface area (Å²) in [5, 5.41) is 0. The van der Waals surface area contributed by atoms with Crippen LogP contribution in [-0.4, -0.2) is 30.0 Å². The Kier molecular flexibility index (Phi) is 5.36. The van der Waals surface area contributed by atoms with E-state index in [1.165, 1.54) is 6.42 Å². The average Bonchev–Trinajstić information content (AvgIpc) is 2.40. The summed E-state index contributed by atoms with van der Waals surface area (Å²) >= 11 is 3.56. The van der Waals surface area contributed by atoms with Gasteiger partial charge in [-0.25, -0.2) is 13.1 Å². The van der Waals surface area contributed by atoms with Crippen molar-refractivity contribution in [1.82, 2.24) is 9.71 Å². The van der Waals surface area contributed by atoms with E-state index in [1.807, 2.05) is 18.2 Å². The number of rotatable bonds is 5. The molecule has 1 aliphatic rings. The molecule has 1 saturated carbocycles. The molecule has 0 bridgehead atoms.